The Morgan fingerprint density at radius 2 is 1.41 bits per heavy atom. The summed E-state index contributed by atoms with van der Waals surface area (Å²) in [5.74, 6) is 0.294. The molecule has 0 radical (unpaired) electrons. The maximum atomic E-state index is 13.7. The van der Waals surface area contributed by atoms with Crippen LogP contribution in [0.25, 0.3) is 5.57 Å². The first kappa shape index (κ1) is 21.8. The largest absolute Gasteiger partial charge is 0.495 e. The summed E-state index contributed by atoms with van der Waals surface area (Å²) in [6.45, 7) is 4.66. The highest BCUT2D eigenvalue weighted by molar-refractivity contribution is 6.45. The summed E-state index contributed by atoms with van der Waals surface area (Å²) in [7, 11) is 1.68. The van der Waals surface area contributed by atoms with Crippen LogP contribution in [0.3, 0.4) is 0 Å². The lowest BCUT2D eigenvalue weighted by molar-refractivity contribution is -0.120. The molecule has 0 aliphatic carbocycles. The SMILES string of the molecule is COc1ccccc1N1CCN(C2=C(c3ccccc3)C(=O)N(c3cccc(C)c3)C2=O)CC1. The Bertz CT molecular complexity index is 1260. The number of hydrogen-bond donors (Lipinski definition) is 0. The fraction of sp³-hybridized carbons (Fsp3) is 0.214. The van der Waals surface area contributed by atoms with Crippen LogP contribution in [0.5, 0.6) is 5.75 Å². The smallest absolute Gasteiger partial charge is 0.282 e. The van der Waals surface area contributed by atoms with Gasteiger partial charge in [-0.15, -0.1) is 0 Å². The molecule has 0 saturated carbocycles. The van der Waals surface area contributed by atoms with Crippen LogP contribution in [0.1, 0.15) is 11.1 Å². The Hall–Kier alpha value is -4.06. The highest BCUT2D eigenvalue weighted by Gasteiger charge is 2.43. The van der Waals surface area contributed by atoms with Crippen molar-refractivity contribution in [3.63, 3.8) is 0 Å². The minimum Gasteiger partial charge on any atom is -0.495 e. The van der Waals surface area contributed by atoms with Crippen LogP contribution in [0, 0.1) is 6.92 Å². The minimum absolute atomic E-state index is 0.264. The number of nitrogens with zero attached hydrogens (tertiary/aromatic N) is 3. The van der Waals surface area contributed by atoms with E-state index in [-0.39, 0.29) is 11.8 Å². The van der Waals surface area contributed by atoms with Crippen molar-refractivity contribution < 1.29 is 14.3 Å². The van der Waals surface area contributed by atoms with E-state index in [1.165, 1.54) is 4.90 Å². The van der Waals surface area contributed by atoms with Crippen LogP contribution in [0.2, 0.25) is 0 Å². The topological polar surface area (TPSA) is 53.1 Å². The van der Waals surface area contributed by atoms with Crippen molar-refractivity contribution in [1.82, 2.24) is 4.90 Å². The Balaban J connectivity index is 1.48. The van der Waals surface area contributed by atoms with Gasteiger partial charge in [-0.05, 0) is 42.3 Å². The zero-order valence-electron chi connectivity index (χ0n) is 19.4. The molecular formula is C28H27N3O3. The molecule has 2 heterocycles. The van der Waals surface area contributed by atoms with Crippen molar-refractivity contribution in [1.29, 1.82) is 0 Å². The van der Waals surface area contributed by atoms with E-state index in [0.29, 0.717) is 30.0 Å². The van der Waals surface area contributed by atoms with E-state index >= 15 is 0 Å². The second-order valence-electron chi connectivity index (χ2n) is 8.52. The van der Waals surface area contributed by atoms with Gasteiger partial charge in [-0.2, -0.15) is 0 Å². The summed E-state index contributed by atoms with van der Waals surface area (Å²) in [6.07, 6.45) is 0. The number of hydrogen-bond acceptors (Lipinski definition) is 5. The molecule has 34 heavy (non-hydrogen) atoms. The van der Waals surface area contributed by atoms with E-state index in [4.69, 9.17) is 4.74 Å². The summed E-state index contributed by atoms with van der Waals surface area (Å²) < 4.78 is 5.53. The number of anilines is 2. The summed E-state index contributed by atoms with van der Waals surface area (Å²) >= 11 is 0. The zero-order chi connectivity index (χ0) is 23.7. The summed E-state index contributed by atoms with van der Waals surface area (Å²) in [5.41, 5.74) is 4.36. The number of aryl methyl sites for hydroxylation is 1. The summed E-state index contributed by atoms with van der Waals surface area (Å²) in [4.78, 5) is 33.0. The van der Waals surface area contributed by atoms with E-state index in [9.17, 15) is 9.59 Å². The number of carbonyl (C=O) groups is 2. The summed E-state index contributed by atoms with van der Waals surface area (Å²) in [5, 5.41) is 0. The third-order valence-corrected chi connectivity index (χ3v) is 6.40. The molecule has 6 heteroatoms. The van der Waals surface area contributed by atoms with Crippen LogP contribution >= 0.6 is 0 Å². The predicted octanol–water partition coefficient (Wildman–Crippen LogP) is 4.11. The number of ether oxygens (including phenoxy) is 1. The third-order valence-electron chi connectivity index (χ3n) is 6.40. The monoisotopic (exact) mass is 453 g/mol. The molecule has 0 spiro atoms. The van der Waals surface area contributed by atoms with Gasteiger partial charge in [0.2, 0.25) is 0 Å². The molecule has 2 aliphatic rings. The van der Waals surface area contributed by atoms with Crippen molar-refractivity contribution >= 4 is 28.8 Å². The third kappa shape index (κ3) is 3.81. The average molecular weight is 454 g/mol. The number of para-hydroxylation sites is 2. The average Bonchev–Trinajstić information content (AvgIpc) is 3.14. The maximum Gasteiger partial charge on any atom is 0.282 e. The Morgan fingerprint density at radius 1 is 0.735 bits per heavy atom. The normalized spacial score (nSPS) is 16.5. The standard InChI is InChI=1S/C28H27N3O3/c1-20-9-8-12-22(19-20)31-27(32)25(21-10-4-3-5-11-21)26(28(31)33)30-17-15-29(16-18-30)23-13-6-7-14-24(23)34-2/h3-14,19H,15-18H2,1-2H3. The molecule has 2 amide bonds. The molecule has 0 unspecified atom stereocenters. The molecular weight excluding hydrogens is 426 g/mol. The molecule has 3 aromatic carbocycles. The fourth-order valence-electron chi connectivity index (χ4n) is 4.74. The van der Waals surface area contributed by atoms with Gasteiger partial charge < -0.3 is 14.5 Å². The lowest BCUT2D eigenvalue weighted by atomic mass is 10.0. The number of imide groups is 1. The van der Waals surface area contributed by atoms with Crippen LogP contribution in [-0.4, -0.2) is 50.0 Å². The Labute approximate surface area is 199 Å². The van der Waals surface area contributed by atoms with Gasteiger partial charge in [-0.3, -0.25) is 9.59 Å². The number of piperazine rings is 1. The molecule has 2 aliphatic heterocycles. The quantitative estimate of drug-likeness (QED) is 0.544. The fourth-order valence-corrected chi connectivity index (χ4v) is 4.74. The predicted molar refractivity (Wildman–Crippen MR) is 134 cm³/mol. The number of amides is 2. The lowest BCUT2D eigenvalue weighted by Crippen LogP contribution is -2.47. The van der Waals surface area contributed by atoms with Crippen LogP contribution in [0.4, 0.5) is 11.4 Å². The van der Waals surface area contributed by atoms with Crippen molar-refractivity contribution in [3.8, 4) is 5.75 Å². The molecule has 1 saturated heterocycles. The Morgan fingerprint density at radius 3 is 2.12 bits per heavy atom. The first-order valence-corrected chi connectivity index (χ1v) is 11.5. The van der Waals surface area contributed by atoms with Gasteiger partial charge in [0.25, 0.3) is 11.8 Å². The van der Waals surface area contributed by atoms with E-state index in [1.54, 1.807) is 7.11 Å². The van der Waals surface area contributed by atoms with Crippen LogP contribution in [-0.2, 0) is 9.59 Å². The van der Waals surface area contributed by atoms with Crippen molar-refractivity contribution in [3.05, 3.63) is 95.7 Å². The first-order valence-electron chi connectivity index (χ1n) is 11.5. The number of benzene rings is 3. The van der Waals surface area contributed by atoms with Gasteiger partial charge in [-0.25, -0.2) is 4.90 Å². The van der Waals surface area contributed by atoms with E-state index < -0.39 is 0 Å². The van der Waals surface area contributed by atoms with Gasteiger partial charge >= 0.3 is 0 Å². The molecule has 1 fully saturated rings. The van der Waals surface area contributed by atoms with Crippen molar-refractivity contribution in [2.75, 3.05) is 43.1 Å². The molecule has 0 aromatic heterocycles. The first-order chi connectivity index (χ1) is 16.6. The van der Waals surface area contributed by atoms with E-state index in [2.05, 4.69) is 9.80 Å². The van der Waals surface area contributed by atoms with Crippen LogP contribution in [0.15, 0.2) is 84.6 Å². The summed E-state index contributed by atoms with van der Waals surface area (Å²) in [6, 6.07) is 25.0. The molecule has 0 atom stereocenters. The number of methoxy groups -OCH3 is 1. The van der Waals surface area contributed by atoms with Crippen molar-refractivity contribution in [2.45, 2.75) is 6.92 Å². The van der Waals surface area contributed by atoms with Gasteiger partial charge in [0.05, 0.1) is 24.1 Å². The highest BCUT2D eigenvalue weighted by atomic mass is 16.5. The van der Waals surface area contributed by atoms with E-state index in [0.717, 1.165) is 35.7 Å². The lowest BCUT2D eigenvalue weighted by Gasteiger charge is -2.38. The van der Waals surface area contributed by atoms with Crippen molar-refractivity contribution in [2.24, 2.45) is 0 Å². The van der Waals surface area contributed by atoms with Gasteiger partial charge in [0.1, 0.15) is 11.4 Å². The minimum atomic E-state index is -0.274. The number of carbonyl (C=O) groups excluding carboxylic acids is 2. The Kier molecular flexibility index (Phi) is 5.80. The highest BCUT2D eigenvalue weighted by Crippen LogP contribution is 2.36. The van der Waals surface area contributed by atoms with Gasteiger partial charge in [0.15, 0.2) is 0 Å². The molecule has 0 N–H and O–H groups in total. The van der Waals surface area contributed by atoms with Gasteiger partial charge in [-0.1, -0.05) is 54.6 Å². The molecule has 6 nitrogen and oxygen atoms in total. The van der Waals surface area contributed by atoms with E-state index in [1.807, 2.05) is 85.8 Å². The molecule has 3 aromatic rings. The van der Waals surface area contributed by atoms with Gasteiger partial charge in [0, 0.05) is 26.2 Å². The molecule has 172 valence electrons. The second kappa shape index (κ2) is 9.06. The number of rotatable bonds is 5. The maximum absolute atomic E-state index is 13.7. The van der Waals surface area contributed by atoms with Crippen LogP contribution < -0.4 is 14.5 Å². The molecule has 5 rings (SSSR count). The zero-order valence-corrected chi connectivity index (χ0v) is 19.4. The molecule has 0 bridgehead atoms. The second-order valence-corrected chi connectivity index (χ2v) is 8.52.